The molecule has 3 nitrogen and oxygen atoms in total. The van der Waals surface area contributed by atoms with Crippen molar-refractivity contribution in [3.05, 3.63) is 29.8 Å². The van der Waals surface area contributed by atoms with Crippen LogP contribution >= 0.6 is 0 Å². The summed E-state index contributed by atoms with van der Waals surface area (Å²) in [5, 5.41) is 0. The van der Waals surface area contributed by atoms with Gasteiger partial charge in [-0.15, -0.1) is 13.2 Å². The van der Waals surface area contributed by atoms with Gasteiger partial charge in [-0.3, -0.25) is 0 Å². The van der Waals surface area contributed by atoms with Crippen molar-refractivity contribution in [2.45, 2.75) is 25.6 Å². The highest BCUT2D eigenvalue weighted by atomic mass is 19.4. The molecule has 1 fully saturated rings. The van der Waals surface area contributed by atoms with Gasteiger partial charge in [0.25, 0.3) is 0 Å². The first-order chi connectivity index (χ1) is 11.8. The number of nitrogens with zero attached hydrogens (tertiary/aromatic N) is 1. The van der Waals surface area contributed by atoms with Crippen LogP contribution < -0.4 is 9.47 Å². The largest absolute Gasteiger partial charge is 0.573 e. The molecule has 1 aromatic carbocycles. The fourth-order valence-electron chi connectivity index (χ4n) is 4.21. The van der Waals surface area contributed by atoms with Crippen molar-refractivity contribution in [2.24, 2.45) is 17.8 Å². The fourth-order valence-corrected chi connectivity index (χ4v) is 4.21. The summed E-state index contributed by atoms with van der Waals surface area (Å²) >= 11 is 0. The number of alkyl halides is 3. The summed E-state index contributed by atoms with van der Waals surface area (Å²) < 4.78 is 48.2. The molecule has 6 heteroatoms. The van der Waals surface area contributed by atoms with Crippen LogP contribution in [0.2, 0.25) is 0 Å². The van der Waals surface area contributed by atoms with Gasteiger partial charge in [-0.1, -0.05) is 6.08 Å². The molecule has 1 aromatic rings. The molecular formula is C19H24F3NO2. The number of fused-ring (bicyclic) bond motifs is 2. The molecule has 1 saturated carbocycles. The Labute approximate surface area is 146 Å². The van der Waals surface area contributed by atoms with E-state index in [1.165, 1.54) is 19.2 Å². The zero-order chi connectivity index (χ0) is 18.2. The second kappa shape index (κ2) is 6.90. The molecule has 0 aliphatic heterocycles. The van der Waals surface area contributed by atoms with E-state index in [0.29, 0.717) is 23.1 Å². The van der Waals surface area contributed by atoms with Crippen LogP contribution in [0.25, 0.3) is 5.57 Å². The lowest BCUT2D eigenvalue weighted by molar-refractivity contribution is -0.274. The minimum absolute atomic E-state index is 0.149. The van der Waals surface area contributed by atoms with Gasteiger partial charge in [-0.25, -0.2) is 0 Å². The number of methoxy groups -OCH3 is 1. The maximum atomic E-state index is 12.9. The van der Waals surface area contributed by atoms with Crippen molar-refractivity contribution in [1.82, 2.24) is 4.90 Å². The zero-order valence-corrected chi connectivity index (χ0v) is 14.8. The Morgan fingerprint density at radius 1 is 1.20 bits per heavy atom. The summed E-state index contributed by atoms with van der Waals surface area (Å²) in [4.78, 5) is 2.10. The van der Waals surface area contributed by atoms with Crippen LogP contribution in [-0.4, -0.2) is 39.0 Å². The Bertz CT molecular complexity index is 655. The average molecular weight is 355 g/mol. The molecule has 0 unspecified atom stereocenters. The molecule has 2 bridgehead atoms. The lowest BCUT2D eigenvalue weighted by Gasteiger charge is -2.33. The van der Waals surface area contributed by atoms with Crippen molar-refractivity contribution in [2.75, 3.05) is 27.7 Å². The van der Waals surface area contributed by atoms with E-state index in [4.69, 9.17) is 4.74 Å². The second-order valence-corrected chi connectivity index (χ2v) is 7.23. The van der Waals surface area contributed by atoms with Crippen LogP contribution in [0.1, 0.15) is 24.8 Å². The van der Waals surface area contributed by atoms with E-state index >= 15 is 0 Å². The Balaban J connectivity index is 2.05. The van der Waals surface area contributed by atoms with E-state index in [9.17, 15) is 13.2 Å². The van der Waals surface area contributed by atoms with Gasteiger partial charge in [-0.2, -0.15) is 0 Å². The zero-order valence-electron chi connectivity index (χ0n) is 14.8. The fraction of sp³-hybridized carbons (Fsp3) is 0.579. The molecule has 2 aliphatic rings. The molecule has 0 spiro atoms. The van der Waals surface area contributed by atoms with Gasteiger partial charge >= 0.3 is 6.36 Å². The molecule has 0 N–H and O–H groups in total. The van der Waals surface area contributed by atoms with Crippen LogP contribution in [0.5, 0.6) is 11.5 Å². The van der Waals surface area contributed by atoms with Crippen LogP contribution in [0.15, 0.2) is 24.3 Å². The lowest BCUT2D eigenvalue weighted by atomic mass is 9.76. The van der Waals surface area contributed by atoms with Gasteiger partial charge in [0.2, 0.25) is 0 Å². The van der Waals surface area contributed by atoms with Crippen molar-refractivity contribution in [1.29, 1.82) is 0 Å². The van der Waals surface area contributed by atoms with Crippen molar-refractivity contribution >= 4 is 5.57 Å². The Hall–Kier alpha value is -1.69. The summed E-state index contributed by atoms with van der Waals surface area (Å²) in [6, 6.07) is 4.52. The van der Waals surface area contributed by atoms with Gasteiger partial charge in [0, 0.05) is 12.1 Å². The maximum Gasteiger partial charge on any atom is 0.573 e. The number of benzene rings is 1. The Morgan fingerprint density at radius 2 is 1.96 bits per heavy atom. The predicted octanol–water partition coefficient (Wildman–Crippen LogP) is 4.58. The summed E-state index contributed by atoms with van der Waals surface area (Å²) in [5.74, 6) is 1.55. The quantitative estimate of drug-likeness (QED) is 0.771. The van der Waals surface area contributed by atoms with Crippen molar-refractivity contribution in [3.8, 4) is 11.5 Å². The maximum absolute atomic E-state index is 12.9. The van der Waals surface area contributed by atoms with Gasteiger partial charge in [-0.05, 0) is 74.9 Å². The summed E-state index contributed by atoms with van der Waals surface area (Å²) in [5.41, 5.74) is 1.46. The van der Waals surface area contributed by atoms with Crippen LogP contribution in [0.3, 0.4) is 0 Å². The van der Waals surface area contributed by atoms with E-state index in [2.05, 4.69) is 15.7 Å². The molecule has 3 rings (SSSR count). The smallest absolute Gasteiger partial charge is 0.497 e. The number of hydrogen-bond acceptors (Lipinski definition) is 3. The van der Waals surface area contributed by atoms with Gasteiger partial charge in [0.15, 0.2) is 0 Å². The third-order valence-electron chi connectivity index (χ3n) is 5.18. The normalized spacial score (nSPS) is 25.9. The molecule has 0 saturated heterocycles. The van der Waals surface area contributed by atoms with Gasteiger partial charge in [0.05, 0.1) is 7.11 Å². The lowest BCUT2D eigenvalue weighted by Crippen LogP contribution is -2.30. The SMILES string of the molecule is COc1ccc(OC(F)(F)F)c(C2=C[C@H]3CC[C@H](C3)[C@@H]2CN(C)C)c1. The third-order valence-corrected chi connectivity index (χ3v) is 5.18. The van der Waals surface area contributed by atoms with E-state index in [-0.39, 0.29) is 11.7 Å². The van der Waals surface area contributed by atoms with E-state index in [1.54, 1.807) is 6.07 Å². The number of allylic oxidation sites excluding steroid dienone is 1. The first-order valence-corrected chi connectivity index (χ1v) is 8.57. The molecule has 138 valence electrons. The van der Waals surface area contributed by atoms with Gasteiger partial charge < -0.3 is 14.4 Å². The Morgan fingerprint density at radius 3 is 2.60 bits per heavy atom. The number of hydrogen-bond donors (Lipinski definition) is 0. The van der Waals surface area contributed by atoms with Gasteiger partial charge in [0.1, 0.15) is 11.5 Å². The summed E-state index contributed by atoms with van der Waals surface area (Å²) in [6.07, 6.45) is 0.811. The standard InChI is InChI=1S/C19H24F3NO2/c1-23(2)11-17-13-5-4-12(8-13)9-15(17)16-10-14(24-3)6-7-18(16)25-19(20,21)22/h6-7,9-10,12-13,17H,4-5,8,11H2,1-3H3/t12-,13+,17-/m0/s1. The highest BCUT2D eigenvalue weighted by Crippen LogP contribution is 2.50. The minimum Gasteiger partial charge on any atom is -0.497 e. The molecule has 25 heavy (non-hydrogen) atoms. The summed E-state index contributed by atoms with van der Waals surface area (Å²) in [6.45, 7) is 0.811. The average Bonchev–Trinajstić information content (AvgIpc) is 2.92. The third kappa shape index (κ3) is 4.11. The van der Waals surface area contributed by atoms with Crippen LogP contribution in [0, 0.1) is 17.8 Å². The molecule has 0 radical (unpaired) electrons. The number of halogens is 3. The molecule has 0 amide bonds. The topological polar surface area (TPSA) is 21.7 Å². The molecule has 3 atom stereocenters. The first-order valence-electron chi connectivity index (χ1n) is 8.57. The minimum atomic E-state index is -4.71. The monoisotopic (exact) mass is 355 g/mol. The first kappa shape index (κ1) is 18.1. The van der Waals surface area contributed by atoms with Crippen LogP contribution in [0.4, 0.5) is 13.2 Å². The van der Waals surface area contributed by atoms with E-state index in [0.717, 1.165) is 31.4 Å². The highest BCUT2D eigenvalue weighted by molar-refractivity contribution is 5.75. The molecule has 2 aliphatic carbocycles. The molecule has 0 aromatic heterocycles. The second-order valence-electron chi connectivity index (χ2n) is 7.23. The highest BCUT2D eigenvalue weighted by Gasteiger charge is 2.39. The Kier molecular flexibility index (Phi) is 5.00. The van der Waals surface area contributed by atoms with Crippen molar-refractivity contribution in [3.63, 3.8) is 0 Å². The number of ether oxygens (including phenoxy) is 2. The number of rotatable bonds is 5. The van der Waals surface area contributed by atoms with E-state index in [1.807, 2.05) is 14.1 Å². The predicted molar refractivity (Wildman–Crippen MR) is 90.5 cm³/mol. The van der Waals surface area contributed by atoms with Crippen LogP contribution in [-0.2, 0) is 0 Å². The van der Waals surface area contributed by atoms with E-state index < -0.39 is 6.36 Å². The molecule has 0 heterocycles. The summed E-state index contributed by atoms with van der Waals surface area (Å²) in [7, 11) is 5.51. The molecular weight excluding hydrogens is 331 g/mol. The van der Waals surface area contributed by atoms with Crippen molar-refractivity contribution < 1.29 is 22.6 Å².